The maximum Gasteiger partial charge on any atom is 0.179 e. The van der Waals surface area contributed by atoms with E-state index in [1.54, 1.807) is 6.07 Å². The summed E-state index contributed by atoms with van der Waals surface area (Å²) in [5, 5.41) is 2.08. The summed E-state index contributed by atoms with van der Waals surface area (Å²) in [6.45, 7) is 1.95. The number of nitrogens with zero attached hydrogens (tertiary/aromatic N) is 3. The zero-order chi connectivity index (χ0) is 17.4. The number of aromatic nitrogens is 3. The Kier molecular flexibility index (Phi) is 4.12. The lowest BCUT2D eigenvalue weighted by Gasteiger charge is -2.10. The van der Waals surface area contributed by atoms with Gasteiger partial charge in [0.05, 0.1) is 11.2 Å². The molecule has 4 rings (SSSR count). The molecular weight excluding hydrogens is 353 g/mol. The summed E-state index contributed by atoms with van der Waals surface area (Å²) in [4.78, 5) is 14.0. The lowest BCUT2D eigenvalue weighted by molar-refractivity contribution is 1.14. The lowest BCUT2D eigenvalue weighted by atomic mass is 10.1. The zero-order valence-electron chi connectivity index (χ0n) is 13.4. The van der Waals surface area contributed by atoms with Crippen LogP contribution in [0, 0.1) is 6.92 Å². The number of para-hydroxylation sites is 1. The zero-order valence-corrected chi connectivity index (χ0v) is 14.9. The Bertz CT molecular complexity index is 1070. The van der Waals surface area contributed by atoms with E-state index in [0.717, 1.165) is 33.5 Å². The van der Waals surface area contributed by atoms with E-state index < -0.39 is 0 Å². The molecule has 0 atom stereocenters. The van der Waals surface area contributed by atoms with Gasteiger partial charge in [-0.15, -0.1) is 0 Å². The molecule has 5 heteroatoms. The fourth-order valence-corrected chi connectivity index (χ4v) is 3.30. The van der Waals surface area contributed by atoms with Crippen molar-refractivity contribution in [1.82, 2.24) is 15.0 Å². The number of hydrogen-bond acceptors (Lipinski definition) is 3. The van der Waals surface area contributed by atoms with E-state index in [4.69, 9.17) is 28.2 Å². The molecule has 0 aliphatic heterocycles. The van der Waals surface area contributed by atoms with Crippen molar-refractivity contribution in [3.8, 4) is 22.8 Å². The normalized spacial score (nSPS) is 11.0. The molecule has 0 spiro atoms. The highest BCUT2D eigenvalue weighted by molar-refractivity contribution is 6.35. The minimum absolute atomic E-state index is 0.570. The predicted molar refractivity (Wildman–Crippen MR) is 103 cm³/mol. The van der Waals surface area contributed by atoms with Crippen LogP contribution in [0.2, 0.25) is 10.0 Å². The van der Waals surface area contributed by atoms with Gasteiger partial charge in [-0.1, -0.05) is 47.5 Å². The number of aryl methyl sites for hydroxylation is 1. The van der Waals surface area contributed by atoms with Gasteiger partial charge in [0.2, 0.25) is 0 Å². The molecule has 4 aromatic rings. The molecule has 3 nitrogen and oxygen atoms in total. The van der Waals surface area contributed by atoms with Gasteiger partial charge in [0.1, 0.15) is 5.69 Å². The average molecular weight is 366 g/mol. The van der Waals surface area contributed by atoms with E-state index >= 15 is 0 Å². The molecule has 2 aromatic heterocycles. The highest BCUT2D eigenvalue weighted by Crippen LogP contribution is 2.32. The van der Waals surface area contributed by atoms with E-state index in [1.165, 1.54) is 0 Å². The molecule has 0 aliphatic carbocycles. The summed E-state index contributed by atoms with van der Waals surface area (Å²) in [5.74, 6) is 0.577. The Morgan fingerprint density at radius 1 is 0.760 bits per heavy atom. The maximum absolute atomic E-state index is 6.19. The van der Waals surface area contributed by atoms with Crippen LogP contribution in [0.1, 0.15) is 5.69 Å². The van der Waals surface area contributed by atoms with Crippen molar-refractivity contribution in [2.45, 2.75) is 6.92 Å². The molecule has 0 saturated carbocycles. The molecule has 25 heavy (non-hydrogen) atoms. The van der Waals surface area contributed by atoms with Crippen LogP contribution < -0.4 is 0 Å². The van der Waals surface area contributed by atoms with Gasteiger partial charge in [-0.25, -0.2) is 15.0 Å². The highest BCUT2D eigenvalue weighted by Gasteiger charge is 2.13. The fraction of sp³-hybridized carbons (Fsp3) is 0.0500. The molecule has 0 saturated heterocycles. The van der Waals surface area contributed by atoms with Gasteiger partial charge in [-0.05, 0) is 43.3 Å². The molecule has 0 unspecified atom stereocenters. The summed E-state index contributed by atoms with van der Waals surface area (Å²) < 4.78 is 0. The van der Waals surface area contributed by atoms with Gasteiger partial charge >= 0.3 is 0 Å². The monoisotopic (exact) mass is 365 g/mol. The first-order valence-electron chi connectivity index (χ1n) is 7.77. The summed E-state index contributed by atoms with van der Waals surface area (Å²) in [6, 6.07) is 19.1. The molecule has 0 aliphatic rings. The van der Waals surface area contributed by atoms with Crippen molar-refractivity contribution >= 4 is 34.1 Å². The number of fused-ring (bicyclic) bond motifs is 1. The minimum Gasteiger partial charge on any atom is -0.250 e. The number of rotatable bonds is 2. The summed E-state index contributed by atoms with van der Waals surface area (Å²) >= 11 is 12.4. The summed E-state index contributed by atoms with van der Waals surface area (Å²) in [6.07, 6.45) is 0. The number of halogens is 2. The third kappa shape index (κ3) is 3.21. The molecule has 0 bridgehead atoms. The van der Waals surface area contributed by atoms with Crippen LogP contribution >= 0.6 is 23.2 Å². The Morgan fingerprint density at radius 2 is 1.52 bits per heavy atom. The first-order valence-corrected chi connectivity index (χ1v) is 8.53. The molecule has 0 fully saturated rings. The first-order chi connectivity index (χ1) is 12.1. The highest BCUT2D eigenvalue weighted by atomic mass is 35.5. The predicted octanol–water partition coefficient (Wildman–Crippen LogP) is 5.97. The number of hydrogen-bond donors (Lipinski definition) is 0. The smallest absolute Gasteiger partial charge is 0.179 e. The van der Waals surface area contributed by atoms with Crippen LogP contribution in [0.3, 0.4) is 0 Å². The quantitative estimate of drug-likeness (QED) is 0.438. The van der Waals surface area contributed by atoms with Crippen molar-refractivity contribution in [2.75, 3.05) is 0 Å². The van der Waals surface area contributed by atoms with Crippen molar-refractivity contribution < 1.29 is 0 Å². The van der Waals surface area contributed by atoms with Crippen molar-refractivity contribution in [2.24, 2.45) is 0 Å². The Labute approximate surface area is 155 Å². The van der Waals surface area contributed by atoms with Gasteiger partial charge in [-0.3, -0.25) is 0 Å². The molecule has 2 heterocycles. The van der Waals surface area contributed by atoms with Gasteiger partial charge in [-0.2, -0.15) is 0 Å². The topological polar surface area (TPSA) is 38.7 Å². The molecule has 0 amide bonds. The molecule has 0 radical (unpaired) electrons. The Hall–Kier alpha value is -2.49. The standard InChI is InChI=1S/C20H13Cl2N3/c1-12-5-4-8-18(23-12)20-24-17-7-3-2-6-16(17)19(25-20)13-9-14(21)11-15(22)10-13/h2-11H,1H3. The van der Waals surface area contributed by atoms with Gasteiger partial charge < -0.3 is 0 Å². The largest absolute Gasteiger partial charge is 0.250 e. The molecular formula is C20H13Cl2N3. The lowest BCUT2D eigenvalue weighted by Crippen LogP contribution is -1.97. The molecule has 0 N–H and O–H groups in total. The van der Waals surface area contributed by atoms with Crippen LogP contribution in [0.4, 0.5) is 0 Å². The maximum atomic E-state index is 6.19. The van der Waals surface area contributed by atoms with Crippen molar-refractivity contribution in [3.05, 3.63) is 76.4 Å². The number of benzene rings is 2. The second kappa shape index (κ2) is 6.43. The van der Waals surface area contributed by atoms with Crippen LogP contribution in [0.5, 0.6) is 0 Å². The average Bonchev–Trinajstić information content (AvgIpc) is 2.60. The second-order valence-electron chi connectivity index (χ2n) is 5.74. The number of pyridine rings is 1. The summed E-state index contributed by atoms with van der Waals surface area (Å²) in [5.41, 5.74) is 4.14. The van der Waals surface area contributed by atoms with Gasteiger partial charge in [0.25, 0.3) is 0 Å². The van der Waals surface area contributed by atoms with Gasteiger partial charge in [0, 0.05) is 26.7 Å². The summed E-state index contributed by atoms with van der Waals surface area (Å²) in [7, 11) is 0. The molecule has 2 aromatic carbocycles. The van der Waals surface area contributed by atoms with Crippen LogP contribution in [-0.4, -0.2) is 15.0 Å². The van der Waals surface area contributed by atoms with E-state index in [2.05, 4.69) is 9.97 Å². The fourth-order valence-electron chi connectivity index (χ4n) is 2.77. The minimum atomic E-state index is 0.570. The van der Waals surface area contributed by atoms with Crippen molar-refractivity contribution in [3.63, 3.8) is 0 Å². The first kappa shape index (κ1) is 16.0. The van der Waals surface area contributed by atoms with E-state index in [1.807, 2.05) is 61.5 Å². The van der Waals surface area contributed by atoms with E-state index in [9.17, 15) is 0 Å². The van der Waals surface area contributed by atoms with Gasteiger partial charge in [0.15, 0.2) is 5.82 Å². The Morgan fingerprint density at radius 3 is 2.28 bits per heavy atom. The van der Waals surface area contributed by atoms with E-state index in [-0.39, 0.29) is 0 Å². The SMILES string of the molecule is Cc1cccc(-c2nc(-c3cc(Cl)cc(Cl)c3)c3ccccc3n2)n1. The molecule has 122 valence electrons. The van der Waals surface area contributed by atoms with Crippen molar-refractivity contribution in [1.29, 1.82) is 0 Å². The second-order valence-corrected chi connectivity index (χ2v) is 6.61. The van der Waals surface area contributed by atoms with Crippen LogP contribution in [0.25, 0.3) is 33.7 Å². The third-order valence-electron chi connectivity index (χ3n) is 3.86. The van der Waals surface area contributed by atoms with E-state index in [0.29, 0.717) is 15.9 Å². The third-order valence-corrected chi connectivity index (χ3v) is 4.29. The van der Waals surface area contributed by atoms with Crippen LogP contribution in [-0.2, 0) is 0 Å². The Balaban J connectivity index is 2.02. The van der Waals surface area contributed by atoms with Crippen LogP contribution in [0.15, 0.2) is 60.7 Å².